The Morgan fingerprint density at radius 1 is 1.45 bits per heavy atom. The minimum absolute atomic E-state index is 0. The number of nitrogens with zero attached hydrogens (tertiary/aromatic N) is 1. The maximum atomic E-state index is 12.6. The Morgan fingerprint density at radius 2 is 2.18 bits per heavy atom. The molecule has 1 fully saturated rings. The predicted octanol–water partition coefficient (Wildman–Crippen LogP) is 2.46. The number of aryl methyl sites for hydroxylation is 1. The van der Waals surface area contributed by atoms with E-state index in [1.165, 1.54) is 0 Å². The molecule has 118 valence electrons. The van der Waals surface area contributed by atoms with Crippen molar-refractivity contribution >= 4 is 45.2 Å². The van der Waals surface area contributed by atoms with E-state index in [2.05, 4.69) is 15.9 Å². The highest BCUT2D eigenvalue weighted by atomic mass is 79.9. The molecule has 1 aliphatic rings. The summed E-state index contributed by atoms with van der Waals surface area (Å²) in [6.07, 6.45) is 0.759. The van der Waals surface area contributed by atoms with E-state index in [-0.39, 0.29) is 29.9 Å². The van der Waals surface area contributed by atoms with Gasteiger partial charge in [0.2, 0.25) is 0 Å². The third-order valence-electron chi connectivity index (χ3n) is 3.85. The highest BCUT2D eigenvalue weighted by molar-refractivity contribution is 9.10. The number of carbonyl (C=O) groups excluding carboxylic acids is 1. The van der Waals surface area contributed by atoms with Gasteiger partial charge in [-0.25, -0.2) is 4.79 Å². The number of halogens is 2. The fourth-order valence-corrected chi connectivity index (χ4v) is 3.06. The molecule has 0 saturated carbocycles. The molecule has 0 unspecified atom stereocenters. The summed E-state index contributed by atoms with van der Waals surface area (Å²) in [4.78, 5) is 26.3. The van der Waals surface area contributed by atoms with Crippen LogP contribution in [-0.2, 0) is 0 Å². The van der Waals surface area contributed by atoms with Crippen LogP contribution in [0.4, 0.5) is 0 Å². The molecule has 0 radical (unpaired) electrons. The first-order valence-electron chi connectivity index (χ1n) is 6.75. The summed E-state index contributed by atoms with van der Waals surface area (Å²) in [6.45, 7) is 2.83. The summed E-state index contributed by atoms with van der Waals surface area (Å²) >= 11 is 3.39. The van der Waals surface area contributed by atoms with E-state index < -0.39 is 5.63 Å². The van der Waals surface area contributed by atoms with Crippen molar-refractivity contribution in [3.63, 3.8) is 0 Å². The smallest absolute Gasteiger partial charge is 0.349 e. The van der Waals surface area contributed by atoms with Gasteiger partial charge in [0.15, 0.2) is 0 Å². The Bertz CT molecular complexity index is 790. The number of nitrogens with two attached hydrogens (primary N) is 1. The largest absolute Gasteiger partial charge is 0.422 e. The number of hydrogen-bond donors (Lipinski definition) is 1. The van der Waals surface area contributed by atoms with Crippen LogP contribution in [0.5, 0.6) is 0 Å². The molecule has 0 aliphatic carbocycles. The monoisotopic (exact) mass is 386 g/mol. The topological polar surface area (TPSA) is 76.5 Å². The van der Waals surface area contributed by atoms with Crippen LogP contribution in [0.2, 0.25) is 0 Å². The van der Waals surface area contributed by atoms with Gasteiger partial charge in [-0.3, -0.25) is 4.79 Å². The van der Waals surface area contributed by atoms with Gasteiger partial charge in [0.1, 0.15) is 11.1 Å². The molecule has 1 amide bonds. The van der Waals surface area contributed by atoms with E-state index in [9.17, 15) is 9.59 Å². The summed E-state index contributed by atoms with van der Waals surface area (Å²) in [5, 5.41) is 0.760. The molecule has 1 aliphatic heterocycles. The summed E-state index contributed by atoms with van der Waals surface area (Å²) in [7, 11) is 0. The molecular weight excluding hydrogens is 372 g/mol. The molecule has 2 aromatic rings. The third-order valence-corrected chi connectivity index (χ3v) is 4.35. The predicted molar refractivity (Wildman–Crippen MR) is 90.7 cm³/mol. The second-order valence-electron chi connectivity index (χ2n) is 5.33. The van der Waals surface area contributed by atoms with Crippen LogP contribution in [0.3, 0.4) is 0 Å². The van der Waals surface area contributed by atoms with Crippen LogP contribution in [0.15, 0.2) is 31.9 Å². The normalized spacial score (nSPS) is 17.6. The SMILES string of the molecule is Cc1c(C(=O)N2CC[C@@H](N)C2)c(=O)oc2ccc(Br)cc12.Cl. The van der Waals surface area contributed by atoms with Gasteiger partial charge in [0.05, 0.1) is 0 Å². The van der Waals surface area contributed by atoms with Gasteiger partial charge < -0.3 is 15.1 Å². The van der Waals surface area contributed by atoms with Crippen molar-refractivity contribution in [3.05, 3.63) is 44.2 Å². The minimum atomic E-state index is -0.590. The summed E-state index contributed by atoms with van der Waals surface area (Å²) in [5.74, 6) is -0.295. The molecule has 1 aromatic heterocycles. The van der Waals surface area contributed by atoms with Gasteiger partial charge in [0, 0.05) is 29.0 Å². The van der Waals surface area contributed by atoms with Gasteiger partial charge in [-0.15, -0.1) is 12.4 Å². The Balaban J connectivity index is 0.00000176. The zero-order valence-electron chi connectivity index (χ0n) is 12.0. The number of hydrogen-bond acceptors (Lipinski definition) is 4. The maximum Gasteiger partial charge on any atom is 0.349 e. The van der Waals surface area contributed by atoms with Crippen molar-refractivity contribution in [3.8, 4) is 0 Å². The van der Waals surface area contributed by atoms with Crippen molar-refractivity contribution in [2.45, 2.75) is 19.4 Å². The first kappa shape index (κ1) is 17.0. The van der Waals surface area contributed by atoms with Crippen molar-refractivity contribution in [1.82, 2.24) is 4.90 Å². The summed E-state index contributed by atoms with van der Waals surface area (Å²) < 4.78 is 6.15. The molecule has 1 atom stereocenters. The van der Waals surface area contributed by atoms with Crippen molar-refractivity contribution in [2.24, 2.45) is 5.73 Å². The maximum absolute atomic E-state index is 12.6. The van der Waals surface area contributed by atoms with E-state index in [1.807, 2.05) is 6.07 Å². The van der Waals surface area contributed by atoms with E-state index in [0.29, 0.717) is 24.2 Å². The standard InChI is InChI=1S/C15H15BrN2O3.ClH/c1-8-11-6-9(16)2-3-12(11)21-15(20)13(8)14(19)18-5-4-10(17)7-18;/h2-3,6,10H,4-5,7,17H2,1H3;1H/t10-;/m1./s1. The Morgan fingerprint density at radius 3 is 2.82 bits per heavy atom. The lowest BCUT2D eigenvalue weighted by Crippen LogP contribution is -2.35. The number of amides is 1. The molecule has 2 heterocycles. The lowest BCUT2D eigenvalue weighted by molar-refractivity contribution is 0.0786. The fourth-order valence-electron chi connectivity index (χ4n) is 2.70. The average molecular weight is 388 g/mol. The summed E-state index contributed by atoms with van der Waals surface area (Å²) in [5.41, 5.74) is 6.47. The van der Waals surface area contributed by atoms with Gasteiger partial charge in [0.25, 0.3) is 5.91 Å². The quantitative estimate of drug-likeness (QED) is 0.763. The molecule has 7 heteroatoms. The molecule has 0 spiro atoms. The number of fused-ring (bicyclic) bond motifs is 1. The lowest BCUT2D eigenvalue weighted by Gasteiger charge is -2.16. The van der Waals surface area contributed by atoms with E-state index >= 15 is 0 Å². The first-order chi connectivity index (χ1) is 9.97. The molecule has 0 bridgehead atoms. The highest BCUT2D eigenvalue weighted by Gasteiger charge is 2.28. The lowest BCUT2D eigenvalue weighted by atomic mass is 10.1. The number of carbonyl (C=O) groups is 1. The average Bonchev–Trinajstić information content (AvgIpc) is 2.86. The van der Waals surface area contributed by atoms with E-state index in [4.69, 9.17) is 10.2 Å². The van der Waals surface area contributed by atoms with Crippen LogP contribution in [0.25, 0.3) is 11.0 Å². The van der Waals surface area contributed by atoms with Gasteiger partial charge >= 0.3 is 5.63 Å². The van der Waals surface area contributed by atoms with Crippen molar-refractivity contribution in [1.29, 1.82) is 0 Å². The Labute approximate surface area is 142 Å². The molecule has 2 N–H and O–H groups in total. The van der Waals surface area contributed by atoms with Crippen LogP contribution < -0.4 is 11.4 Å². The molecule has 1 aromatic carbocycles. The fraction of sp³-hybridized carbons (Fsp3) is 0.333. The minimum Gasteiger partial charge on any atom is -0.422 e. The molecular formula is C15H16BrClN2O3. The number of benzene rings is 1. The van der Waals surface area contributed by atoms with Crippen LogP contribution in [-0.4, -0.2) is 29.9 Å². The molecule has 5 nitrogen and oxygen atoms in total. The van der Waals surface area contributed by atoms with Crippen molar-refractivity contribution < 1.29 is 9.21 Å². The van der Waals surface area contributed by atoms with Gasteiger partial charge in [-0.1, -0.05) is 15.9 Å². The zero-order valence-corrected chi connectivity index (χ0v) is 14.4. The van der Waals surface area contributed by atoms with Crippen LogP contribution in [0, 0.1) is 6.92 Å². The van der Waals surface area contributed by atoms with Crippen LogP contribution in [0.1, 0.15) is 22.3 Å². The van der Waals surface area contributed by atoms with Crippen LogP contribution >= 0.6 is 28.3 Å². The van der Waals surface area contributed by atoms with Gasteiger partial charge in [-0.05, 0) is 37.1 Å². The number of rotatable bonds is 1. The summed E-state index contributed by atoms with van der Waals surface area (Å²) in [6, 6.07) is 5.34. The first-order valence-corrected chi connectivity index (χ1v) is 7.54. The molecule has 3 rings (SSSR count). The number of likely N-dealkylation sites (tertiary alicyclic amines) is 1. The second kappa shape index (κ2) is 6.40. The molecule has 1 saturated heterocycles. The van der Waals surface area contributed by atoms with Crippen molar-refractivity contribution in [2.75, 3.05) is 13.1 Å². The van der Waals surface area contributed by atoms with E-state index in [1.54, 1.807) is 24.0 Å². The van der Waals surface area contributed by atoms with E-state index in [0.717, 1.165) is 16.3 Å². The Kier molecular flexibility index (Phi) is 4.94. The van der Waals surface area contributed by atoms with Gasteiger partial charge in [-0.2, -0.15) is 0 Å². The second-order valence-corrected chi connectivity index (χ2v) is 6.25. The molecule has 22 heavy (non-hydrogen) atoms. The third kappa shape index (κ3) is 2.91. The zero-order chi connectivity index (χ0) is 15.1. The highest BCUT2D eigenvalue weighted by Crippen LogP contribution is 2.24. The Hall–Kier alpha value is -1.37.